The molecule has 1 unspecified atom stereocenters. The van der Waals surface area contributed by atoms with Crippen LogP contribution in [0, 0.1) is 19.8 Å². The van der Waals surface area contributed by atoms with Gasteiger partial charge in [0.1, 0.15) is 29.4 Å². The number of aromatic nitrogens is 2. The average Bonchev–Trinajstić information content (AvgIpc) is 3.10. The number of anilines is 1. The Bertz CT molecular complexity index is 1090. The van der Waals surface area contributed by atoms with Gasteiger partial charge in [-0.25, -0.2) is 9.97 Å². The lowest BCUT2D eigenvalue weighted by Crippen LogP contribution is -2.43. The molecule has 3 aromatic rings. The topological polar surface area (TPSA) is 89.7 Å². The van der Waals surface area contributed by atoms with E-state index in [1.807, 2.05) is 32.0 Å². The molecular formula is C23H28N4O4. The van der Waals surface area contributed by atoms with Crippen molar-refractivity contribution in [3.63, 3.8) is 0 Å². The highest BCUT2D eigenvalue weighted by Gasteiger charge is 2.28. The second-order valence-electron chi connectivity index (χ2n) is 7.84. The quantitative estimate of drug-likeness (QED) is 0.649. The number of amides is 1. The third kappa shape index (κ3) is 4.15. The van der Waals surface area contributed by atoms with E-state index in [0.717, 1.165) is 59.0 Å². The Morgan fingerprint density at radius 2 is 2.10 bits per heavy atom. The Kier molecular flexibility index (Phi) is 5.97. The minimum absolute atomic E-state index is 0.0277. The number of carbonyl (C=O) groups is 1. The number of benzene rings is 1. The van der Waals surface area contributed by atoms with Gasteiger partial charge in [-0.2, -0.15) is 0 Å². The fourth-order valence-corrected chi connectivity index (χ4v) is 4.13. The molecule has 8 heteroatoms. The van der Waals surface area contributed by atoms with E-state index >= 15 is 0 Å². The van der Waals surface area contributed by atoms with Crippen molar-refractivity contribution in [3.8, 4) is 11.5 Å². The summed E-state index contributed by atoms with van der Waals surface area (Å²) in [6.07, 6.45) is 3.29. The fourth-order valence-electron chi connectivity index (χ4n) is 4.13. The van der Waals surface area contributed by atoms with Crippen LogP contribution >= 0.6 is 0 Å². The van der Waals surface area contributed by atoms with Crippen molar-refractivity contribution in [2.24, 2.45) is 5.92 Å². The van der Waals surface area contributed by atoms with Crippen LogP contribution in [0.1, 0.15) is 29.7 Å². The van der Waals surface area contributed by atoms with Gasteiger partial charge in [-0.05, 0) is 44.9 Å². The molecule has 1 aliphatic heterocycles. The molecule has 0 saturated carbocycles. The third-order valence-corrected chi connectivity index (χ3v) is 5.98. The number of furan rings is 1. The van der Waals surface area contributed by atoms with Gasteiger partial charge in [0.15, 0.2) is 0 Å². The van der Waals surface area contributed by atoms with Crippen LogP contribution in [-0.2, 0) is 11.3 Å². The number of piperidine rings is 1. The lowest BCUT2D eigenvalue weighted by atomic mass is 9.96. The summed E-state index contributed by atoms with van der Waals surface area (Å²) in [5.41, 5.74) is 2.52. The van der Waals surface area contributed by atoms with E-state index in [1.54, 1.807) is 14.2 Å². The largest absolute Gasteiger partial charge is 0.497 e. The van der Waals surface area contributed by atoms with Crippen molar-refractivity contribution in [3.05, 3.63) is 41.4 Å². The van der Waals surface area contributed by atoms with Crippen LogP contribution in [0.25, 0.3) is 11.1 Å². The molecule has 8 nitrogen and oxygen atoms in total. The summed E-state index contributed by atoms with van der Waals surface area (Å²) < 4.78 is 16.5. The molecule has 0 aliphatic carbocycles. The normalized spacial score (nSPS) is 16.4. The highest BCUT2D eigenvalue weighted by atomic mass is 16.5. The van der Waals surface area contributed by atoms with Gasteiger partial charge in [-0.1, -0.05) is 0 Å². The number of ether oxygens (including phenoxy) is 2. The average molecular weight is 425 g/mol. The van der Waals surface area contributed by atoms with Crippen molar-refractivity contribution in [1.82, 2.24) is 15.3 Å². The highest BCUT2D eigenvalue weighted by Crippen LogP contribution is 2.32. The second kappa shape index (κ2) is 8.83. The minimum atomic E-state index is -0.122. The highest BCUT2D eigenvalue weighted by molar-refractivity contribution is 5.90. The first kappa shape index (κ1) is 21.0. The first-order valence-electron chi connectivity index (χ1n) is 10.5. The number of nitrogens with zero attached hydrogens (tertiary/aromatic N) is 3. The molecule has 1 N–H and O–H groups in total. The Balaban J connectivity index is 1.48. The third-order valence-electron chi connectivity index (χ3n) is 5.98. The molecule has 1 amide bonds. The van der Waals surface area contributed by atoms with E-state index in [4.69, 9.17) is 13.9 Å². The fraction of sp³-hybridized carbons (Fsp3) is 0.435. The molecule has 0 spiro atoms. The number of rotatable bonds is 6. The summed E-state index contributed by atoms with van der Waals surface area (Å²) in [4.78, 5) is 23.9. The number of hydrogen-bond donors (Lipinski definition) is 1. The Labute approximate surface area is 181 Å². The van der Waals surface area contributed by atoms with E-state index < -0.39 is 0 Å². The van der Waals surface area contributed by atoms with Gasteiger partial charge in [0.2, 0.25) is 11.6 Å². The van der Waals surface area contributed by atoms with E-state index in [0.29, 0.717) is 18.8 Å². The summed E-state index contributed by atoms with van der Waals surface area (Å²) in [6, 6.07) is 5.57. The molecule has 0 radical (unpaired) electrons. The van der Waals surface area contributed by atoms with Gasteiger partial charge in [-0.3, -0.25) is 4.79 Å². The second-order valence-corrected chi connectivity index (χ2v) is 7.84. The predicted octanol–water partition coefficient (Wildman–Crippen LogP) is 3.39. The van der Waals surface area contributed by atoms with Crippen LogP contribution in [0.5, 0.6) is 11.5 Å². The van der Waals surface area contributed by atoms with Crippen molar-refractivity contribution < 1.29 is 18.7 Å². The first-order valence-corrected chi connectivity index (χ1v) is 10.5. The van der Waals surface area contributed by atoms with Crippen LogP contribution in [0.2, 0.25) is 0 Å². The number of fused-ring (bicyclic) bond motifs is 1. The molecule has 1 atom stereocenters. The van der Waals surface area contributed by atoms with E-state index in [2.05, 4.69) is 20.2 Å². The zero-order valence-electron chi connectivity index (χ0n) is 18.4. The summed E-state index contributed by atoms with van der Waals surface area (Å²) in [7, 11) is 3.24. The maximum absolute atomic E-state index is 13.0. The number of nitrogens with one attached hydrogen (secondary N) is 1. The summed E-state index contributed by atoms with van der Waals surface area (Å²) >= 11 is 0. The van der Waals surface area contributed by atoms with Crippen molar-refractivity contribution >= 4 is 22.8 Å². The zero-order valence-corrected chi connectivity index (χ0v) is 18.4. The SMILES string of the molecule is COc1ccc(OC)c(CNC(=O)C2CCCN(c3ncnc4oc(C)c(C)c34)C2)c1. The minimum Gasteiger partial charge on any atom is -0.497 e. The van der Waals surface area contributed by atoms with Gasteiger partial charge in [0.25, 0.3) is 0 Å². The maximum Gasteiger partial charge on any atom is 0.231 e. The van der Waals surface area contributed by atoms with E-state index in [9.17, 15) is 4.79 Å². The van der Waals surface area contributed by atoms with Crippen molar-refractivity contribution in [1.29, 1.82) is 0 Å². The summed E-state index contributed by atoms with van der Waals surface area (Å²) in [5, 5.41) is 4.00. The summed E-state index contributed by atoms with van der Waals surface area (Å²) in [6.45, 7) is 5.79. The smallest absolute Gasteiger partial charge is 0.231 e. The zero-order chi connectivity index (χ0) is 22.0. The summed E-state index contributed by atoms with van der Waals surface area (Å²) in [5.74, 6) is 3.04. The van der Waals surface area contributed by atoms with Gasteiger partial charge in [-0.15, -0.1) is 0 Å². The molecule has 164 valence electrons. The molecule has 1 saturated heterocycles. The first-order chi connectivity index (χ1) is 15.0. The molecule has 1 aliphatic rings. The van der Waals surface area contributed by atoms with Crippen LogP contribution in [0.3, 0.4) is 0 Å². The van der Waals surface area contributed by atoms with Crippen LogP contribution in [0.4, 0.5) is 5.82 Å². The molecule has 2 aromatic heterocycles. The Morgan fingerprint density at radius 3 is 2.87 bits per heavy atom. The standard InChI is InChI=1S/C23H28N4O4/c1-14-15(2)31-23-20(14)21(25-13-26-23)27-9-5-6-16(12-27)22(28)24-11-17-10-18(29-3)7-8-19(17)30-4/h7-8,10,13,16H,5-6,9,11-12H2,1-4H3,(H,24,28). The Morgan fingerprint density at radius 1 is 1.26 bits per heavy atom. The van der Waals surface area contributed by atoms with Gasteiger partial charge in [0, 0.05) is 30.8 Å². The number of hydrogen-bond acceptors (Lipinski definition) is 7. The molecule has 1 fully saturated rings. The lowest BCUT2D eigenvalue weighted by Gasteiger charge is -2.33. The van der Waals surface area contributed by atoms with E-state index in [-0.39, 0.29) is 11.8 Å². The van der Waals surface area contributed by atoms with Gasteiger partial charge < -0.3 is 24.1 Å². The van der Waals surface area contributed by atoms with Crippen molar-refractivity contribution in [2.75, 3.05) is 32.2 Å². The predicted molar refractivity (Wildman–Crippen MR) is 118 cm³/mol. The molecular weight excluding hydrogens is 396 g/mol. The van der Waals surface area contributed by atoms with Crippen molar-refractivity contribution in [2.45, 2.75) is 33.2 Å². The Hall–Kier alpha value is -3.29. The number of methoxy groups -OCH3 is 2. The number of carbonyl (C=O) groups excluding carboxylic acids is 1. The van der Waals surface area contributed by atoms with Gasteiger partial charge >= 0.3 is 0 Å². The molecule has 0 bridgehead atoms. The lowest BCUT2D eigenvalue weighted by molar-refractivity contribution is -0.125. The maximum atomic E-state index is 13.0. The van der Waals surface area contributed by atoms with Gasteiger partial charge in [0.05, 0.1) is 25.5 Å². The monoisotopic (exact) mass is 424 g/mol. The molecule has 31 heavy (non-hydrogen) atoms. The molecule has 1 aromatic carbocycles. The van der Waals surface area contributed by atoms with Crippen LogP contribution in [0.15, 0.2) is 28.9 Å². The molecule has 3 heterocycles. The van der Waals surface area contributed by atoms with Crippen LogP contribution in [-0.4, -0.2) is 43.2 Å². The molecule has 4 rings (SSSR count). The van der Waals surface area contributed by atoms with Crippen LogP contribution < -0.4 is 19.7 Å². The van der Waals surface area contributed by atoms with E-state index in [1.165, 1.54) is 6.33 Å². The number of aryl methyl sites for hydroxylation is 2.